The van der Waals surface area contributed by atoms with Crippen LogP contribution in [0.15, 0.2) is 115 Å². The molecule has 0 spiro atoms. The van der Waals surface area contributed by atoms with Crippen LogP contribution in [0, 0.1) is 0 Å². The zero-order chi connectivity index (χ0) is 21.3. The minimum Gasteiger partial charge on any atom is -0.247 e. The summed E-state index contributed by atoms with van der Waals surface area (Å²) in [6.07, 6.45) is 2.56. The lowest BCUT2D eigenvalue weighted by Gasteiger charge is -2.38. The van der Waals surface area contributed by atoms with Gasteiger partial charge in [0.05, 0.1) is 0 Å². The quantitative estimate of drug-likeness (QED) is 0.290. The standard InChI is InChI=1S/C29H27NP2/c1-4-12-23(13-5-1)28-20-21-29(24-14-6-2-7-15-24)32(28)30-22-25-16-10-11-19-27(25)31(30)26-17-8-3-9-18-26/h1-19,28-29H,20-22H2/t28-,29-,31?/m0/s1. The minimum atomic E-state index is -0.502. The Morgan fingerprint density at radius 2 is 1.06 bits per heavy atom. The molecular formula is C29H27NP2. The first-order valence-electron chi connectivity index (χ1n) is 11.5. The zero-order valence-corrected chi connectivity index (χ0v) is 19.9. The second-order valence-corrected chi connectivity index (χ2v) is 13.5. The Kier molecular flexibility index (Phi) is 5.66. The number of hydrogen-bond donors (Lipinski definition) is 0. The largest absolute Gasteiger partial charge is 0.247 e. The van der Waals surface area contributed by atoms with Crippen LogP contribution in [0.5, 0.6) is 0 Å². The van der Waals surface area contributed by atoms with Crippen LogP contribution in [0.1, 0.15) is 40.8 Å². The van der Waals surface area contributed by atoms with Crippen molar-refractivity contribution in [2.24, 2.45) is 0 Å². The maximum absolute atomic E-state index is 2.95. The van der Waals surface area contributed by atoms with E-state index in [0.29, 0.717) is 11.3 Å². The van der Waals surface area contributed by atoms with E-state index in [0.717, 1.165) is 6.54 Å². The summed E-state index contributed by atoms with van der Waals surface area (Å²) in [7, 11) is -0.875. The molecular weight excluding hydrogens is 424 g/mol. The van der Waals surface area contributed by atoms with Gasteiger partial charge in [-0.25, -0.2) is 4.44 Å². The normalized spacial score (nSPS) is 23.3. The van der Waals surface area contributed by atoms with Crippen molar-refractivity contribution in [3.05, 3.63) is 132 Å². The molecule has 0 aromatic heterocycles. The lowest BCUT2D eigenvalue weighted by atomic mass is 10.0. The topological polar surface area (TPSA) is 3.24 Å². The van der Waals surface area contributed by atoms with Crippen LogP contribution >= 0.6 is 16.1 Å². The average Bonchev–Trinajstić information content (AvgIpc) is 3.47. The maximum Gasteiger partial charge on any atom is 0.0326 e. The fourth-order valence-electron chi connectivity index (χ4n) is 5.33. The minimum absolute atomic E-state index is 0.373. The molecule has 1 saturated heterocycles. The summed E-state index contributed by atoms with van der Waals surface area (Å²) >= 11 is 0. The fraction of sp³-hybridized carbons (Fsp3) is 0.172. The van der Waals surface area contributed by atoms with Gasteiger partial charge in [0.2, 0.25) is 0 Å². The highest BCUT2D eigenvalue weighted by Gasteiger charge is 2.46. The molecule has 1 fully saturated rings. The SMILES string of the molecule is c1ccc([C@@H]2CC[C@@H](c3ccccc3)P2N2Cc3ccccc3P2c2ccccc2)cc1. The van der Waals surface area contributed by atoms with Gasteiger partial charge in [-0.3, -0.25) is 0 Å². The van der Waals surface area contributed by atoms with Crippen molar-refractivity contribution in [3.8, 4) is 0 Å². The summed E-state index contributed by atoms with van der Waals surface area (Å²) in [5, 5.41) is 3.04. The van der Waals surface area contributed by atoms with Crippen molar-refractivity contribution < 1.29 is 0 Å². The number of fused-ring (bicyclic) bond motifs is 1. The van der Waals surface area contributed by atoms with Crippen LogP contribution in [-0.4, -0.2) is 4.44 Å². The molecule has 158 valence electrons. The van der Waals surface area contributed by atoms with Crippen LogP contribution in [0.3, 0.4) is 0 Å². The monoisotopic (exact) mass is 451 g/mol. The van der Waals surface area contributed by atoms with Crippen LogP contribution in [0.25, 0.3) is 0 Å². The van der Waals surface area contributed by atoms with Gasteiger partial charge in [-0.15, -0.1) is 0 Å². The summed E-state index contributed by atoms with van der Waals surface area (Å²) in [5.41, 5.74) is 5.82. The van der Waals surface area contributed by atoms with Crippen molar-refractivity contribution in [2.75, 3.05) is 0 Å². The van der Waals surface area contributed by atoms with Gasteiger partial charge in [-0.2, -0.15) is 0 Å². The summed E-state index contributed by atoms with van der Waals surface area (Å²) < 4.78 is 2.95. The third kappa shape index (κ3) is 3.64. The van der Waals surface area contributed by atoms with E-state index >= 15 is 0 Å². The van der Waals surface area contributed by atoms with Crippen LogP contribution in [-0.2, 0) is 6.54 Å². The Balaban J connectivity index is 1.48. The van der Waals surface area contributed by atoms with E-state index in [9.17, 15) is 0 Å². The van der Waals surface area contributed by atoms with Gasteiger partial charge < -0.3 is 0 Å². The van der Waals surface area contributed by atoms with Gasteiger partial charge in [0.1, 0.15) is 0 Å². The predicted molar refractivity (Wildman–Crippen MR) is 139 cm³/mol. The summed E-state index contributed by atoms with van der Waals surface area (Å²) in [4.78, 5) is 0. The zero-order valence-electron chi connectivity index (χ0n) is 18.1. The molecule has 2 aliphatic heterocycles. The van der Waals surface area contributed by atoms with Gasteiger partial charge in [0.25, 0.3) is 0 Å². The van der Waals surface area contributed by atoms with E-state index in [1.807, 2.05) is 0 Å². The van der Waals surface area contributed by atoms with E-state index in [1.54, 1.807) is 5.30 Å². The second-order valence-electron chi connectivity index (χ2n) is 8.62. The van der Waals surface area contributed by atoms with E-state index in [4.69, 9.17) is 0 Å². The molecule has 2 aliphatic rings. The third-order valence-corrected chi connectivity index (χ3v) is 13.3. The van der Waals surface area contributed by atoms with Gasteiger partial charge in [0.15, 0.2) is 0 Å². The van der Waals surface area contributed by atoms with Crippen molar-refractivity contribution in [2.45, 2.75) is 30.7 Å². The Labute approximate surface area is 193 Å². The molecule has 0 aliphatic carbocycles. The first-order chi connectivity index (χ1) is 15.9. The Bertz CT molecular complexity index is 1130. The lowest BCUT2D eigenvalue weighted by molar-refractivity contribution is 0.711. The smallest absolute Gasteiger partial charge is 0.0326 e. The van der Waals surface area contributed by atoms with E-state index < -0.39 is 8.07 Å². The lowest BCUT2D eigenvalue weighted by Crippen LogP contribution is -2.19. The van der Waals surface area contributed by atoms with Crippen LogP contribution in [0.2, 0.25) is 0 Å². The van der Waals surface area contributed by atoms with E-state index in [1.165, 1.54) is 34.8 Å². The van der Waals surface area contributed by atoms with Crippen molar-refractivity contribution in [3.63, 3.8) is 0 Å². The maximum atomic E-state index is 2.95. The first-order valence-corrected chi connectivity index (χ1v) is 14.2. The molecule has 3 atom stereocenters. The van der Waals surface area contributed by atoms with Crippen LogP contribution in [0.4, 0.5) is 0 Å². The highest BCUT2D eigenvalue weighted by molar-refractivity contribution is 7.80. The summed E-state index contributed by atoms with van der Waals surface area (Å²) in [6.45, 7) is 1.08. The first kappa shape index (κ1) is 20.3. The molecule has 2 heterocycles. The number of hydrogen-bond acceptors (Lipinski definition) is 1. The Morgan fingerprint density at radius 3 is 1.66 bits per heavy atom. The molecule has 0 N–H and O–H groups in total. The average molecular weight is 451 g/mol. The molecule has 0 bridgehead atoms. The molecule has 0 radical (unpaired) electrons. The molecule has 4 aromatic rings. The molecule has 0 saturated carbocycles. The van der Waals surface area contributed by atoms with Crippen LogP contribution < -0.4 is 10.6 Å². The van der Waals surface area contributed by atoms with Crippen molar-refractivity contribution in [1.29, 1.82) is 0 Å². The van der Waals surface area contributed by atoms with Gasteiger partial charge in [-0.05, 0) is 48.2 Å². The third-order valence-electron chi connectivity index (χ3n) is 6.75. The second kappa shape index (κ2) is 8.92. The molecule has 3 heteroatoms. The van der Waals surface area contributed by atoms with Crippen molar-refractivity contribution >= 4 is 26.8 Å². The van der Waals surface area contributed by atoms with Gasteiger partial charge >= 0.3 is 0 Å². The summed E-state index contributed by atoms with van der Waals surface area (Å²) in [6, 6.07) is 43.1. The van der Waals surface area contributed by atoms with Gasteiger partial charge in [-0.1, -0.05) is 115 Å². The fourth-order valence-corrected chi connectivity index (χ4v) is 12.9. The van der Waals surface area contributed by atoms with Crippen molar-refractivity contribution in [1.82, 2.24) is 4.44 Å². The van der Waals surface area contributed by atoms with Gasteiger partial charge in [0, 0.05) is 25.9 Å². The highest BCUT2D eigenvalue weighted by atomic mass is 31.2. The molecule has 6 rings (SSSR count). The molecule has 32 heavy (non-hydrogen) atoms. The van der Waals surface area contributed by atoms with E-state index in [2.05, 4.69) is 120 Å². The summed E-state index contributed by atoms with van der Waals surface area (Å²) in [5.74, 6) is 0. The Morgan fingerprint density at radius 1 is 0.562 bits per heavy atom. The Hall–Kier alpha value is -2.30. The molecule has 1 nitrogen and oxygen atoms in total. The molecule has 0 amide bonds. The predicted octanol–water partition coefficient (Wildman–Crippen LogP) is 7.52. The van der Waals surface area contributed by atoms with E-state index in [-0.39, 0.29) is 8.07 Å². The number of nitrogens with zero attached hydrogens (tertiary/aromatic N) is 1. The molecule has 4 aromatic carbocycles. The number of benzene rings is 4. The molecule has 1 unspecified atom stereocenters. The number of rotatable bonds is 4. The highest BCUT2D eigenvalue weighted by Crippen LogP contribution is 2.77.